The lowest BCUT2D eigenvalue weighted by Gasteiger charge is -2.02. The zero-order valence-electron chi connectivity index (χ0n) is 10.0. The quantitative estimate of drug-likeness (QED) is 0.530. The lowest BCUT2D eigenvalue weighted by molar-refractivity contribution is -0.519. The second-order valence-electron chi connectivity index (χ2n) is 3.97. The first-order chi connectivity index (χ1) is 9.19. The third-order valence-electron chi connectivity index (χ3n) is 2.61. The van der Waals surface area contributed by atoms with Crippen LogP contribution in [-0.4, -0.2) is 16.4 Å². The molecule has 2 rings (SSSR count). The average Bonchev–Trinajstić information content (AvgIpc) is 2.40. The van der Waals surface area contributed by atoms with E-state index in [-0.39, 0.29) is 5.69 Å². The van der Waals surface area contributed by atoms with Crippen molar-refractivity contribution in [2.75, 3.05) is 0 Å². The van der Waals surface area contributed by atoms with Crippen LogP contribution >= 0.6 is 11.8 Å². The Kier molecular flexibility index (Phi) is 4.41. The van der Waals surface area contributed by atoms with Crippen molar-refractivity contribution in [2.24, 2.45) is 5.16 Å². The maximum Gasteiger partial charge on any atom is 0.267 e. The topological polar surface area (TPSA) is 49.4 Å². The van der Waals surface area contributed by atoms with E-state index >= 15 is 0 Å². The van der Waals surface area contributed by atoms with Gasteiger partial charge in [-0.3, -0.25) is 0 Å². The minimum atomic E-state index is -0.514. The highest BCUT2D eigenvalue weighted by atomic mass is 35.5. The highest BCUT2D eigenvalue weighted by Gasteiger charge is 2.06. The molecule has 0 amide bonds. The molecule has 0 fully saturated rings. The third kappa shape index (κ3) is 3.72. The minimum absolute atomic E-state index is 0.0282. The Morgan fingerprint density at radius 1 is 1.37 bits per heavy atom. The van der Waals surface area contributed by atoms with E-state index in [1.807, 2.05) is 12.1 Å². The van der Waals surface area contributed by atoms with E-state index in [1.165, 1.54) is 10.2 Å². The number of oxime groups is 1. The van der Waals surface area contributed by atoms with Crippen molar-refractivity contribution >= 4 is 18.0 Å². The fourth-order valence-electron chi connectivity index (χ4n) is 1.70. The van der Waals surface area contributed by atoms with Gasteiger partial charge in [-0.15, -0.1) is 0 Å². The number of hydrogen-bond donors (Lipinski definition) is 1. The van der Waals surface area contributed by atoms with Gasteiger partial charge < -0.3 is 5.21 Å². The second kappa shape index (κ2) is 6.24. The van der Waals surface area contributed by atoms with Crippen molar-refractivity contribution in [3.63, 3.8) is 0 Å². The van der Waals surface area contributed by atoms with Crippen LogP contribution in [0.3, 0.4) is 0 Å². The fourth-order valence-corrected chi connectivity index (χ4v) is 1.89. The number of nitrogens with zero attached hydrogens (tertiary/aromatic N) is 3. The van der Waals surface area contributed by atoms with Gasteiger partial charge in [0.15, 0.2) is 18.2 Å². The summed E-state index contributed by atoms with van der Waals surface area (Å²) in [5.74, 6) is -0.514. The predicted octanol–water partition coefficient (Wildman–Crippen LogP) is 2.10. The summed E-state index contributed by atoms with van der Waals surface area (Å²) in [6, 6.07) is 6.73. The molecule has 0 aliphatic carbocycles. The number of aromatic nitrogens is 2. The molecule has 2 aromatic rings. The van der Waals surface area contributed by atoms with Gasteiger partial charge in [0.2, 0.25) is 0 Å². The maximum absolute atomic E-state index is 13.3. The molecule has 0 aliphatic rings. The zero-order valence-corrected chi connectivity index (χ0v) is 10.8. The van der Waals surface area contributed by atoms with Crippen molar-refractivity contribution in [2.45, 2.75) is 12.8 Å². The summed E-state index contributed by atoms with van der Waals surface area (Å²) in [6.07, 6.45) is 5.90. The summed E-state index contributed by atoms with van der Waals surface area (Å²) in [4.78, 5) is 4.08. The molecule has 0 atom stereocenters. The second-order valence-corrected chi connectivity index (χ2v) is 4.36. The SMILES string of the molecule is ON=Cc1nc(CCc2ccc[n+](Cl)c2)ccc1F. The molecule has 0 spiro atoms. The van der Waals surface area contributed by atoms with Gasteiger partial charge in [-0.2, -0.15) is 0 Å². The summed E-state index contributed by atoms with van der Waals surface area (Å²) in [7, 11) is 0. The van der Waals surface area contributed by atoms with Crippen LogP contribution in [0.1, 0.15) is 17.0 Å². The molecule has 0 bridgehead atoms. The van der Waals surface area contributed by atoms with E-state index in [1.54, 1.807) is 18.5 Å². The summed E-state index contributed by atoms with van der Waals surface area (Å²) >= 11 is 5.82. The standard InChI is InChI=1S/C13H11ClFN3O/c14-18-7-1-2-10(9-18)3-4-11-5-6-12(15)13(17-11)8-16-19/h1-2,5-9H,3-4H2/p+1. The van der Waals surface area contributed by atoms with Crippen LogP contribution in [-0.2, 0) is 12.8 Å². The normalized spacial score (nSPS) is 11.1. The Labute approximate surface area is 114 Å². The van der Waals surface area contributed by atoms with Crippen molar-refractivity contribution in [3.05, 3.63) is 59.4 Å². The molecule has 2 heterocycles. The molecule has 2 aromatic heterocycles. The van der Waals surface area contributed by atoms with Crippen LogP contribution in [0.4, 0.5) is 4.39 Å². The maximum atomic E-state index is 13.3. The lowest BCUT2D eigenvalue weighted by Crippen LogP contribution is -2.19. The summed E-state index contributed by atoms with van der Waals surface area (Å²) in [5, 5.41) is 11.2. The van der Waals surface area contributed by atoms with Crippen LogP contribution in [0.2, 0.25) is 0 Å². The van der Waals surface area contributed by atoms with Crippen molar-refractivity contribution < 1.29 is 13.7 Å². The van der Waals surface area contributed by atoms with E-state index in [2.05, 4.69) is 10.1 Å². The number of halogens is 2. The number of hydrogen-bond acceptors (Lipinski definition) is 3. The van der Waals surface area contributed by atoms with E-state index in [4.69, 9.17) is 17.0 Å². The largest absolute Gasteiger partial charge is 0.411 e. The van der Waals surface area contributed by atoms with Gasteiger partial charge in [0.25, 0.3) is 11.8 Å². The van der Waals surface area contributed by atoms with Gasteiger partial charge in [0.1, 0.15) is 5.69 Å². The van der Waals surface area contributed by atoms with Gasteiger partial charge in [0.05, 0.1) is 6.21 Å². The fraction of sp³-hybridized carbons (Fsp3) is 0.154. The Morgan fingerprint density at radius 3 is 2.95 bits per heavy atom. The molecule has 6 heteroatoms. The molecule has 0 saturated carbocycles. The van der Waals surface area contributed by atoms with Gasteiger partial charge in [-0.25, -0.2) is 9.37 Å². The van der Waals surface area contributed by atoms with E-state index in [9.17, 15) is 4.39 Å². The van der Waals surface area contributed by atoms with Gasteiger partial charge >= 0.3 is 0 Å². The lowest BCUT2D eigenvalue weighted by atomic mass is 10.1. The monoisotopic (exact) mass is 280 g/mol. The molecule has 0 saturated heterocycles. The van der Waals surface area contributed by atoms with Crippen LogP contribution in [0.25, 0.3) is 0 Å². The highest BCUT2D eigenvalue weighted by Crippen LogP contribution is 2.07. The number of aryl methyl sites for hydroxylation is 2. The molecule has 0 aliphatic heterocycles. The third-order valence-corrected chi connectivity index (χ3v) is 2.82. The Balaban J connectivity index is 2.09. The molecule has 0 unspecified atom stereocenters. The molecular weight excluding hydrogens is 269 g/mol. The molecule has 1 N–H and O–H groups in total. The molecule has 4 nitrogen and oxygen atoms in total. The van der Waals surface area contributed by atoms with Crippen molar-refractivity contribution in [3.8, 4) is 0 Å². The number of rotatable bonds is 4. The first-order valence-corrected chi connectivity index (χ1v) is 6.02. The molecule has 0 aromatic carbocycles. The van der Waals surface area contributed by atoms with Gasteiger partial charge in [0, 0.05) is 17.3 Å². The number of pyridine rings is 2. The smallest absolute Gasteiger partial charge is 0.267 e. The predicted molar refractivity (Wildman–Crippen MR) is 68.9 cm³/mol. The van der Waals surface area contributed by atoms with Crippen LogP contribution < -0.4 is 4.09 Å². The van der Waals surface area contributed by atoms with Crippen LogP contribution in [0.15, 0.2) is 41.8 Å². The summed E-state index contributed by atoms with van der Waals surface area (Å²) in [5.41, 5.74) is 1.81. The van der Waals surface area contributed by atoms with E-state index in [0.717, 1.165) is 23.9 Å². The molecular formula is C13H12ClFN3O+. The zero-order chi connectivity index (χ0) is 13.7. The highest BCUT2D eigenvalue weighted by molar-refractivity contribution is 6.04. The summed E-state index contributed by atoms with van der Waals surface area (Å²) < 4.78 is 14.7. The first kappa shape index (κ1) is 13.4. The first-order valence-electron chi connectivity index (χ1n) is 5.68. The molecule has 98 valence electrons. The van der Waals surface area contributed by atoms with E-state index < -0.39 is 5.82 Å². The molecule has 0 radical (unpaired) electrons. The Hall–Kier alpha value is -2.01. The van der Waals surface area contributed by atoms with Crippen molar-refractivity contribution in [1.29, 1.82) is 0 Å². The van der Waals surface area contributed by atoms with Crippen molar-refractivity contribution in [1.82, 2.24) is 4.98 Å². The summed E-state index contributed by atoms with van der Waals surface area (Å²) in [6.45, 7) is 0. The Morgan fingerprint density at radius 2 is 2.21 bits per heavy atom. The minimum Gasteiger partial charge on any atom is -0.411 e. The van der Waals surface area contributed by atoms with E-state index in [0.29, 0.717) is 6.42 Å². The Bertz CT molecular complexity index is 604. The molecule has 19 heavy (non-hydrogen) atoms. The van der Waals surface area contributed by atoms with Gasteiger partial charge in [-0.05, 0) is 31.0 Å². The van der Waals surface area contributed by atoms with Crippen LogP contribution in [0, 0.1) is 5.82 Å². The van der Waals surface area contributed by atoms with Gasteiger partial charge in [-0.1, -0.05) is 9.24 Å². The van der Waals surface area contributed by atoms with Crippen LogP contribution in [0.5, 0.6) is 0 Å². The average molecular weight is 281 g/mol.